The van der Waals surface area contributed by atoms with Crippen LogP contribution in [0.3, 0.4) is 0 Å². The van der Waals surface area contributed by atoms with Crippen LogP contribution in [-0.4, -0.2) is 30.0 Å². The van der Waals surface area contributed by atoms with Gasteiger partial charge in [0.1, 0.15) is 5.52 Å². The predicted molar refractivity (Wildman–Crippen MR) is 67.3 cm³/mol. The van der Waals surface area contributed by atoms with E-state index in [-0.39, 0.29) is 11.9 Å². The Kier molecular flexibility index (Phi) is 2.76. The SMILES string of the molecule is Cc1ccc2oc(CC3NCCNC3=O)nc2c1. The van der Waals surface area contributed by atoms with Gasteiger partial charge in [-0.25, -0.2) is 4.98 Å². The Labute approximate surface area is 105 Å². The van der Waals surface area contributed by atoms with E-state index in [1.165, 1.54) is 0 Å². The van der Waals surface area contributed by atoms with E-state index >= 15 is 0 Å². The van der Waals surface area contributed by atoms with Gasteiger partial charge < -0.3 is 15.1 Å². The minimum Gasteiger partial charge on any atom is -0.441 e. The monoisotopic (exact) mass is 245 g/mol. The van der Waals surface area contributed by atoms with E-state index < -0.39 is 0 Å². The number of piperazine rings is 1. The van der Waals surface area contributed by atoms with Gasteiger partial charge in [-0.2, -0.15) is 0 Å². The number of oxazole rings is 1. The van der Waals surface area contributed by atoms with Crippen LogP contribution < -0.4 is 10.6 Å². The van der Waals surface area contributed by atoms with Crippen LogP contribution >= 0.6 is 0 Å². The van der Waals surface area contributed by atoms with Crippen molar-refractivity contribution in [1.82, 2.24) is 15.6 Å². The number of nitrogens with zero attached hydrogens (tertiary/aromatic N) is 1. The minimum absolute atomic E-state index is 0.0136. The molecule has 0 bridgehead atoms. The second-order valence-corrected chi connectivity index (χ2v) is 4.58. The number of rotatable bonds is 2. The Morgan fingerprint density at radius 1 is 1.44 bits per heavy atom. The molecule has 0 radical (unpaired) electrons. The highest BCUT2D eigenvalue weighted by Crippen LogP contribution is 2.18. The van der Waals surface area contributed by atoms with Crippen LogP contribution in [0.2, 0.25) is 0 Å². The molecule has 94 valence electrons. The zero-order chi connectivity index (χ0) is 12.5. The summed E-state index contributed by atoms with van der Waals surface area (Å²) in [5.41, 5.74) is 2.77. The van der Waals surface area contributed by atoms with E-state index in [0.29, 0.717) is 18.9 Å². The van der Waals surface area contributed by atoms with Gasteiger partial charge in [-0.15, -0.1) is 0 Å². The first-order valence-corrected chi connectivity index (χ1v) is 6.09. The Bertz CT molecular complexity index is 591. The smallest absolute Gasteiger partial charge is 0.237 e. The molecule has 1 aromatic heterocycles. The van der Waals surface area contributed by atoms with Gasteiger partial charge in [0, 0.05) is 19.5 Å². The lowest BCUT2D eigenvalue weighted by molar-refractivity contribution is -0.124. The number of amides is 1. The first kappa shape index (κ1) is 11.2. The molecular weight excluding hydrogens is 230 g/mol. The molecule has 1 aliphatic heterocycles. The van der Waals surface area contributed by atoms with E-state index in [9.17, 15) is 4.79 Å². The molecule has 2 aromatic rings. The van der Waals surface area contributed by atoms with Gasteiger partial charge in [-0.3, -0.25) is 4.79 Å². The molecule has 5 heteroatoms. The third kappa shape index (κ3) is 2.09. The summed E-state index contributed by atoms with van der Waals surface area (Å²) in [6.45, 7) is 3.49. The van der Waals surface area contributed by atoms with Crippen LogP contribution in [-0.2, 0) is 11.2 Å². The van der Waals surface area contributed by atoms with Crippen LogP contribution in [0, 0.1) is 6.92 Å². The molecule has 0 saturated carbocycles. The van der Waals surface area contributed by atoms with Crippen molar-refractivity contribution in [2.75, 3.05) is 13.1 Å². The highest BCUT2D eigenvalue weighted by atomic mass is 16.3. The number of hydrogen-bond acceptors (Lipinski definition) is 4. The number of hydrogen-bond donors (Lipinski definition) is 2. The highest BCUT2D eigenvalue weighted by molar-refractivity contribution is 5.82. The zero-order valence-electron chi connectivity index (χ0n) is 10.2. The van der Waals surface area contributed by atoms with Crippen LogP contribution in [0.15, 0.2) is 22.6 Å². The van der Waals surface area contributed by atoms with Gasteiger partial charge in [0.05, 0.1) is 6.04 Å². The van der Waals surface area contributed by atoms with Crippen molar-refractivity contribution in [2.24, 2.45) is 0 Å². The molecule has 1 saturated heterocycles. The van der Waals surface area contributed by atoms with Crippen LogP contribution in [0.25, 0.3) is 11.1 Å². The van der Waals surface area contributed by atoms with Gasteiger partial charge in [0.25, 0.3) is 0 Å². The topological polar surface area (TPSA) is 67.2 Å². The number of fused-ring (bicyclic) bond motifs is 1. The van der Waals surface area contributed by atoms with Gasteiger partial charge in [0.2, 0.25) is 5.91 Å². The van der Waals surface area contributed by atoms with Crippen molar-refractivity contribution in [3.05, 3.63) is 29.7 Å². The number of aromatic nitrogens is 1. The lowest BCUT2D eigenvalue weighted by atomic mass is 10.1. The quantitative estimate of drug-likeness (QED) is 0.820. The summed E-state index contributed by atoms with van der Waals surface area (Å²) in [4.78, 5) is 16.0. The number of carbonyl (C=O) groups is 1. The van der Waals surface area contributed by atoms with Crippen LogP contribution in [0.1, 0.15) is 11.5 Å². The number of carbonyl (C=O) groups excluding carboxylic acids is 1. The molecule has 0 spiro atoms. The first-order valence-electron chi connectivity index (χ1n) is 6.09. The molecule has 1 unspecified atom stereocenters. The van der Waals surface area contributed by atoms with E-state index in [1.54, 1.807) is 0 Å². The lowest BCUT2D eigenvalue weighted by Gasteiger charge is -2.22. The second-order valence-electron chi connectivity index (χ2n) is 4.58. The van der Waals surface area contributed by atoms with Crippen LogP contribution in [0.4, 0.5) is 0 Å². The highest BCUT2D eigenvalue weighted by Gasteiger charge is 2.23. The van der Waals surface area contributed by atoms with Gasteiger partial charge in [-0.1, -0.05) is 6.07 Å². The number of aryl methyl sites for hydroxylation is 1. The molecular formula is C13H15N3O2. The molecule has 1 aliphatic rings. The normalized spacial score (nSPS) is 20.1. The predicted octanol–water partition coefficient (Wildman–Crippen LogP) is 0.767. The average molecular weight is 245 g/mol. The second kappa shape index (κ2) is 4.42. The van der Waals surface area contributed by atoms with Crippen LogP contribution in [0.5, 0.6) is 0 Å². The van der Waals surface area contributed by atoms with Crippen molar-refractivity contribution < 1.29 is 9.21 Å². The summed E-state index contributed by atoms with van der Waals surface area (Å²) in [7, 11) is 0. The third-order valence-electron chi connectivity index (χ3n) is 3.10. The van der Waals surface area contributed by atoms with E-state index in [2.05, 4.69) is 15.6 Å². The largest absolute Gasteiger partial charge is 0.441 e. The summed E-state index contributed by atoms with van der Waals surface area (Å²) >= 11 is 0. The fourth-order valence-electron chi connectivity index (χ4n) is 2.16. The van der Waals surface area contributed by atoms with Crippen molar-refractivity contribution >= 4 is 17.0 Å². The first-order chi connectivity index (χ1) is 8.72. The summed E-state index contributed by atoms with van der Waals surface area (Å²) in [6.07, 6.45) is 0.486. The molecule has 5 nitrogen and oxygen atoms in total. The molecule has 18 heavy (non-hydrogen) atoms. The van der Waals surface area contributed by atoms with E-state index in [4.69, 9.17) is 4.42 Å². The van der Waals surface area contributed by atoms with E-state index in [0.717, 1.165) is 23.2 Å². The van der Waals surface area contributed by atoms with Crippen molar-refractivity contribution in [1.29, 1.82) is 0 Å². The molecule has 2 N–H and O–H groups in total. The lowest BCUT2D eigenvalue weighted by Crippen LogP contribution is -2.53. The zero-order valence-corrected chi connectivity index (χ0v) is 10.2. The number of benzene rings is 1. The summed E-state index contributed by atoms with van der Waals surface area (Å²) in [5.74, 6) is 0.616. The Morgan fingerprint density at radius 3 is 3.17 bits per heavy atom. The summed E-state index contributed by atoms with van der Waals surface area (Å²) in [5, 5.41) is 5.99. The molecule has 3 rings (SSSR count). The molecule has 0 aliphatic carbocycles. The summed E-state index contributed by atoms with van der Waals surface area (Å²) in [6, 6.07) is 5.64. The molecule has 1 atom stereocenters. The minimum atomic E-state index is -0.243. The molecule has 1 amide bonds. The van der Waals surface area contributed by atoms with E-state index in [1.807, 2.05) is 25.1 Å². The average Bonchev–Trinajstić information content (AvgIpc) is 2.73. The van der Waals surface area contributed by atoms with Gasteiger partial charge in [-0.05, 0) is 24.6 Å². The maximum atomic E-state index is 11.6. The maximum absolute atomic E-state index is 11.6. The third-order valence-corrected chi connectivity index (χ3v) is 3.10. The fraction of sp³-hybridized carbons (Fsp3) is 0.385. The van der Waals surface area contributed by atoms with Crippen molar-refractivity contribution in [3.63, 3.8) is 0 Å². The van der Waals surface area contributed by atoms with Crippen molar-refractivity contribution in [2.45, 2.75) is 19.4 Å². The standard InChI is InChI=1S/C13H15N3O2/c1-8-2-3-11-9(6-8)16-12(18-11)7-10-13(17)15-5-4-14-10/h2-3,6,10,14H,4-5,7H2,1H3,(H,15,17). The summed E-state index contributed by atoms with van der Waals surface area (Å²) < 4.78 is 5.64. The Balaban J connectivity index is 1.84. The van der Waals surface area contributed by atoms with Gasteiger partial charge >= 0.3 is 0 Å². The molecule has 2 heterocycles. The number of nitrogens with one attached hydrogen (secondary N) is 2. The molecule has 1 fully saturated rings. The van der Waals surface area contributed by atoms with Gasteiger partial charge in [0.15, 0.2) is 11.5 Å². The maximum Gasteiger partial charge on any atom is 0.237 e. The Hall–Kier alpha value is -1.88. The Morgan fingerprint density at radius 2 is 2.33 bits per heavy atom. The van der Waals surface area contributed by atoms with Crippen molar-refractivity contribution in [3.8, 4) is 0 Å². The fourth-order valence-corrected chi connectivity index (χ4v) is 2.16. The molecule has 1 aromatic carbocycles.